The number of allylic oxidation sites excluding steroid dienone is 2. The molecule has 6 heteroatoms. The summed E-state index contributed by atoms with van der Waals surface area (Å²) in [5, 5.41) is 14.7. The van der Waals surface area contributed by atoms with Gasteiger partial charge in [-0.25, -0.2) is 0 Å². The van der Waals surface area contributed by atoms with E-state index in [2.05, 4.69) is 103 Å². The van der Waals surface area contributed by atoms with Crippen molar-refractivity contribution < 1.29 is 34.4 Å². The number of aliphatic hydroxyl groups is 1. The summed E-state index contributed by atoms with van der Waals surface area (Å²) in [6.07, 6.45) is 5.55. The number of rotatable bonds is 9. The first-order valence-electron chi connectivity index (χ1n) is 17.9. The van der Waals surface area contributed by atoms with Gasteiger partial charge in [-0.3, -0.25) is 9.78 Å². The van der Waals surface area contributed by atoms with Gasteiger partial charge in [0.15, 0.2) is 5.78 Å². The minimum absolute atomic E-state index is 0. The van der Waals surface area contributed by atoms with Crippen molar-refractivity contribution in [2.75, 3.05) is 0 Å². The molecule has 50 heavy (non-hydrogen) atoms. The quantitative estimate of drug-likeness (QED) is 0.0912. The van der Waals surface area contributed by atoms with Gasteiger partial charge in [0.25, 0.3) is 0 Å². The Bertz CT molecular complexity index is 1970. The Morgan fingerprint density at radius 2 is 1.46 bits per heavy atom. The van der Waals surface area contributed by atoms with Crippen LogP contribution >= 0.6 is 11.3 Å². The number of carbonyl (C=O) groups excluding carboxylic acids is 1. The molecular formula is C44H55FIrNO2S-. The van der Waals surface area contributed by atoms with E-state index in [1.54, 1.807) is 0 Å². The van der Waals surface area contributed by atoms with Gasteiger partial charge in [-0.2, -0.15) is 4.39 Å². The fourth-order valence-electron chi connectivity index (χ4n) is 6.69. The number of carbonyl (C=O) groups is 1. The van der Waals surface area contributed by atoms with E-state index in [-0.39, 0.29) is 48.5 Å². The largest absolute Gasteiger partial charge is 0.509 e. The van der Waals surface area contributed by atoms with Gasteiger partial charge >= 0.3 is 0 Å². The van der Waals surface area contributed by atoms with Gasteiger partial charge in [-0.1, -0.05) is 111 Å². The van der Waals surface area contributed by atoms with Crippen LogP contribution in [0.4, 0.5) is 4.39 Å². The van der Waals surface area contributed by atoms with Crippen LogP contribution in [-0.2, 0) is 36.7 Å². The van der Waals surface area contributed by atoms with Crippen LogP contribution in [0.1, 0.15) is 112 Å². The van der Waals surface area contributed by atoms with E-state index in [1.165, 1.54) is 42.2 Å². The van der Waals surface area contributed by atoms with Gasteiger partial charge in [0, 0.05) is 58.6 Å². The first-order valence-corrected chi connectivity index (χ1v) is 18.8. The molecule has 0 unspecified atom stereocenters. The first-order chi connectivity index (χ1) is 23.1. The van der Waals surface area contributed by atoms with Crippen LogP contribution in [0.25, 0.3) is 42.2 Å². The summed E-state index contributed by atoms with van der Waals surface area (Å²) in [7, 11) is 0. The van der Waals surface area contributed by atoms with Crippen molar-refractivity contribution in [2.24, 2.45) is 17.3 Å². The predicted molar refractivity (Wildman–Crippen MR) is 209 cm³/mol. The number of halogens is 1. The smallest absolute Gasteiger partial charge is 0.203 e. The fourth-order valence-corrected chi connectivity index (χ4v) is 8.02. The molecule has 0 amide bonds. The number of Topliss-reactive ketones (excluding diaryl/α,β-unsaturated/α-hetero) is 1. The molecule has 0 saturated heterocycles. The maximum Gasteiger partial charge on any atom is 0.203 e. The third-order valence-corrected chi connectivity index (χ3v) is 11.0. The molecule has 3 aromatic carbocycles. The van der Waals surface area contributed by atoms with Crippen LogP contribution in [0.2, 0.25) is 0 Å². The Kier molecular flexibility index (Phi) is 14.2. The SMILES string of the molecule is CCC(CC)C(=O)/C(F)=C(\O)C(CC)CC.Cc1c(CC(C)(C)C)ccc2c1sc1c(-c3[c-]c4ccccc4c(C(C)(C)C)c3)nccc12.[Ir]. The van der Waals surface area contributed by atoms with Crippen LogP contribution in [-0.4, -0.2) is 15.9 Å². The predicted octanol–water partition coefficient (Wildman–Crippen LogP) is 13.4. The number of aryl methyl sites for hydroxylation is 1. The Morgan fingerprint density at radius 3 is 2.04 bits per heavy atom. The Hall–Kier alpha value is -2.92. The molecule has 0 saturated carbocycles. The molecule has 0 atom stereocenters. The molecule has 0 spiro atoms. The second kappa shape index (κ2) is 17.1. The van der Waals surface area contributed by atoms with Gasteiger partial charge in [0.05, 0.1) is 0 Å². The summed E-state index contributed by atoms with van der Waals surface area (Å²) in [6.45, 7) is 23.5. The number of pyridine rings is 1. The molecule has 5 aromatic rings. The number of aliphatic hydroxyl groups excluding tert-OH is 1. The molecule has 1 radical (unpaired) electrons. The van der Waals surface area contributed by atoms with Gasteiger partial charge in [0.1, 0.15) is 5.76 Å². The molecule has 3 nitrogen and oxygen atoms in total. The van der Waals surface area contributed by atoms with Crippen molar-refractivity contribution in [1.29, 1.82) is 0 Å². The Balaban J connectivity index is 0.000000340. The maximum atomic E-state index is 13.7. The van der Waals surface area contributed by atoms with Crippen molar-refractivity contribution in [1.82, 2.24) is 4.98 Å². The monoisotopic (exact) mass is 873 g/mol. The zero-order chi connectivity index (χ0) is 36.3. The van der Waals surface area contributed by atoms with E-state index in [0.717, 1.165) is 23.1 Å². The molecule has 271 valence electrons. The number of thiophene rings is 1. The van der Waals surface area contributed by atoms with E-state index in [0.29, 0.717) is 25.7 Å². The topological polar surface area (TPSA) is 50.2 Å². The van der Waals surface area contributed by atoms with Gasteiger partial charge in [-0.15, -0.1) is 40.5 Å². The van der Waals surface area contributed by atoms with Gasteiger partial charge < -0.3 is 5.11 Å². The number of hydrogen-bond acceptors (Lipinski definition) is 4. The van der Waals surface area contributed by atoms with Gasteiger partial charge in [0.2, 0.25) is 5.83 Å². The van der Waals surface area contributed by atoms with E-state index in [4.69, 9.17) is 4.98 Å². The number of ketones is 1. The molecule has 0 aliphatic heterocycles. The van der Waals surface area contributed by atoms with Crippen molar-refractivity contribution in [2.45, 2.75) is 114 Å². The van der Waals surface area contributed by atoms with E-state index < -0.39 is 11.6 Å². The molecule has 5 rings (SSSR count). The second-order valence-corrected chi connectivity index (χ2v) is 16.6. The van der Waals surface area contributed by atoms with Crippen molar-refractivity contribution in [3.8, 4) is 11.3 Å². The van der Waals surface area contributed by atoms with E-state index in [9.17, 15) is 14.3 Å². The zero-order valence-corrected chi connectivity index (χ0v) is 35.0. The number of aromatic nitrogens is 1. The summed E-state index contributed by atoms with van der Waals surface area (Å²) in [4.78, 5) is 16.6. The molecular weight excluding hydrogens is 818 g/mol. The van der Waals surface area contributed by atoms with E-state index in [1.807, 2.05) is 45.2 Å². The van der Waals surface area contributed by atoms with Crippen LogP contribution in [0.15, 0.2) is 66.3 Å². The van der Waals surface area contributed by atoms with Crippen LogP contribution in [0, 0.1) is 30.2 Å². The van der Waals surface area contributed by atoms with Gasteiger partial charge in [-0.05, 0) is 72.4 Å². The molecule has 0 aliphatic carbocycles. The normalized spacial score (nSPS) is 12.7. The average molecular weight is 873 g/mol. The number of benzene rings is 3. The summed E-state index contributed by atoms with van der Waals surface area (Å²) in [5.74, 6) is -2.38. The van der Waals surface area contributed by atoms with Crippen LogP contribution in [0.3, 0.4) is 0 Å². The Morgan fingerprint density at radius 1 is 0.860 bits per heavy atom. The first kappa shape index (κ1) is 41.5. The molecule has 2 heterocycles. The molecule has 1 N–H and O–H groups in total. The van der Waals surface area contributed by atoms with Crippen molar-refractivity contribution in [3.63, 3.8) is 0 Å². The molecule has 0 bridgehead atoms. The van der Waals surface area contributed by atoms with Crippen LogP contribution < -0.4 is 0 Å². The second-order valence-electron chi connectivity index (χ2n) is 15.6. The Labute approximate surface area is 317 Å². The van der Waals surface area contributed by atoms with Crippen molar-refractivity contribution in [3.05, 3.63) is 89.1 Å². The molecule has 0 aliphatic rings. The summed E-state index contributed by atoms with van der Waals surface area (Å²) in [6, 6.07) is 21.4. The number of fused-ring (bicyclic) bond motifs is 4. The van der Waals surface area contributed by atoms with Crippen molar-refractivity contribution >= 4 is 48.1 Å². The maximum absolute atomic E-state index is 13.7. The minimum Gasteiger partial charge on any atom is -0.509 e. The van der Waals surface area contributed by atoms with E-state index >= 15 is 0 Å². The molecule has 2 aromatic heterocycles. The third kappa shape index (κ3) is 9.11. The average Bonchev–Trinajstić information content (AvgIpc) is 3.45. The third-order valence-electron chi connectivity index (χ3n) is 9.65. The number of hydrogen-bond donors (Lipinski definition) is 1. The minimum atomic E-state index is -0.928. The fraction of sp³-hybridized carbons (Fsp3) is 0.455. The summed E-state index contributed by atoms with van der Waals surface area (Å²) >= 11 is 1.89. The number of nitrogens with zero attached hydrogens (tertiary/aromatic N) is 1. The van der Waals surface area contributed by atoms with Crippen LogP contribution in [0.5, 0.6) is 0 Å². The standard InChI is InChI=1S/C31H32NS.C13H23FO2.Ir/c1-19-21(18-30(2,3)4)12-13-24-25-14-15-32-27(29(25)33-28(19)24)22-16-20-10-8-9-11-23(20)26(17-22)31(5,6)7;1-5-9(6-2)12(15)11(14)13(16)10(7-3)8-4;/h8-15,17H,18H2,1-7H3;9-10,15H,5-8H2,1-4H3;/q-1;;/b;12-11+;. The summed E-state index contributed by atoms with van der Waals surface area (Å²) in [5.41, 5.74) is 6.64. The summed E-state index contributed by atoms with van der Waals surface area (Å²) < 4.78 is 16.4. The zero-order valence-electron chi connectivity index (χ0n) is 31.8. The molecule has 0 fully saturated rings.